The van der Waals surface area contributed by atoms with Crippen LogP contribution < -0.4 is 9.88 Å². The molecule has 2 aromatic rings. The van der Waals surface area contributed by atoms with Gasteiger partial charge in [-0.3, -0.25) is 9.69 Å². The number of carbonyl (C=O) groups excluding carboxylic acids is 1. The van der Waals surface area contributed by atoms with E-state index in [1.54, 1.807) is 0 Å². The van der Waals surface area contributed by atoms with E-state index in [0.717, 1.165) is 29.0 Å². The van der Waals surface area contributed by atoms with Crippen LogP contribution in [-0.2, 0) is 22.3 Å². The van der Waals surface area contributed by atoms with Gasteiger partial charge in [-0.1, -0.05) is 23.8 Å². The van der Waals surface area contributed by atoms with Gasteiger partial charge in [0.25, 0.3) is 5.82 Å². The molecule has 0 atom stereocenters. The van der Waals surface area contributed by atoms with Gasteiger partial charge in [-0.05, 0) is 43.9 Å². The Morgan fingerprint density at radius 3 is 2.50 bits per heavy atom. The molecule has 0 unspecified atom stereocenters. The van der Waals surface area contributed by atoms with Crippen LogP contribution in [0.25, 0.3) is 0 Å². The fourth-order valence-corrected chi connectivity index (χ4v) is 3.37. The van der Waals surface area contributed by atoms with E-state index >= 15 is 0 Å². The van der Waals surface area contributed by atoms with Crippen molar-refractivity contribution in [3.63, 3.8) is 0 Å². The van der Waals surface area contributed by atoms with E-state index in [9.17, 15) is 18.0 Å². The van der Waals surface area contributed by atoms with Crippen LogP contribution in [0.15, 0.2) is 36.5 Å². The number of rotatable bonds is 4. The van der Waals surface area contributed by atoms with E-state index < -0.39 is 11.7 Å². The molecule has 1 aliphatic heterocycles. The molecule has 150 valence electrons. The standard InChI is InChI=1S/C21H23F3N2O2/c1-14-3-4-15(2)17(11-14)13-28-20(27)16-7-9-26(10-8-16)19-6-5-18(12-25-19)21(22,23)24/h3-6,11-12,16H,7-10,13H2,1-2H3/p+1. The van der Waals surface area contributed by atoms with Crippen LogP contribution in [0, 0.1) is 19.8 Å². The third-order valence-electron chi connectivity index (χ3n) is 5.17. The molecule has 7 heteroatoms. The Labute approximate surface area is 162 Å². The molecular weight excluding hydrogens is 369 g/mol. The summed E-state index contributed by atoms with van der Waals surface area (Å²) in [5.74, 6) is 0.225. The van der Waals surface area contributed by atoms with Crippen LogP contribution in [0.5, 0.6) is 0 Å². The maximum atomic E-state index is 12.7. The molecular formula is C21H24F3N2O2+. The summed E-state index contributed by atoms with van der Waals surface area (Å²) in [6, 6.07) is 8.55. The number of hydrogen-bond donors (Lipinski definition) is 0. The number of nitrogens with zero attached hydrogens (tertiary/aromatic N) is 1. The lowest BCUT2D eigenvalue weighted by Crippen LogP contribution is -2.39. The van der Waals surface area contributed by atoms with Crippen molar-refractivity contribution >= 4 is 11.8 Å². The second-order valence-corrected chi connectivity index (χ2v) is 7.26. The minimum absolute atomic E-state index is 0.184. The second-order valence-electron chi connectivity index (χ2n) is 7.26. The number of carbonyl (C=O) groups is 1. The highest BCUT2D eigenvalue weighted by Crippen LogP contribution is 2.29. The summed E-state index contributed by atoms with van der Waals surface area (Å²) in [5.41, 5.74) is 2.51. The number of aromatic nitrogens is 1. The molecule has 0 radical (unpaired) electrons. The summed E-state index contributed by atoms with van der Waals surface area (Å²) in [5, 5.41) is 0. The molecule has 3 rings (SSSR count). The number of esters is 1. The van der Waals surface area contributed by atoms with Gasteiger partial charge in [-0.25, -0.2) is 4.98 Å². The van der Waals surface area contributed by atoms with E-state index in [1.807, 2.05) is 36.9 Å². The quantitative estimate of drug-likeness (QED) is 0.735. The topological polar surface area (TPSA) is 43.7 Å². The number of pyridine rings is 1. The van der Waals surface area contributed by atoms with Gasteiger partial charge in [0.05, 0.1) is 24.6 Å². The molecule has 1 saturated heterocycles. The third kappa shape index (κ3) is 4.82. The van der Waals surface area contributed by atoms with Crippen molar-refractivity contribution in [2.75, 3.05) is 18.0 Å². The molecule has 0 spiro atoms. The lowest BCUT2D eigenvalue weighted by atomic mass is 9.97. The molecule has 4 nitrogen and oxygen atoms in total. The minimum Gasteiger partial charge on any atom is -0.461 e. The van der Waals surface area contributed by atoms with Gasteiger partial charge in [0, 0.05) is 6.07 Å². The Morgan fingerprint density at radius 2 is 1.89 bits per heavy atom. The number of H-pyrrole nitrogens is 1. The third-order valence-corrected chi connectivity index (χ3v) is 5.17. The van der Waals surface area contributed by atoms with Crippen LogP contribution in [0.2, 0.25) is 0 Å². The summed E-state index contributed by atoms with van der Waals surface area (Å²) in [4.78, 5) is 17.1. The first kappa shape index (κ1) is 20.2. The molecule has 2 heterocycles. The van der Waals surface area contributed by atoms with E-state index in [1.165, 1.54) is 6.07 Å². The first-order valence-electron chi connectivity index (χ1n) is 9.30. The number of aromatic amines is 1. The van der Waals surface area contributed by atoms with Crippen LogP contribution in [0.4, 0.5) is 19.0 Å². The highest BCUT2D eigenvalue weighted by atomic mass is 19.4. The number of alkyl halides is 3. The number of aryl methyl sites for hydroxylation is 2. The van der Waals surface area contributed by atoms with Gasteiger partial charge in [0.15, 0.2) is 0 Å². The van der Waals surface area contributed by atoms with Gasteiger partial charge in [0.2, 0.25) is 0 Å². The smallest absolute Gasteiger partial charge is 0.419 e. The van der Waals surface area contributed by atoms with E-state index in [2.05, 4.69) is 4.98 Å². The molecule has 0 aliphatic carbocycles. The zero-order chi connectivity index (χ0) is 20.3. The Kier molecular flexibility index (Phi) is 5.91. The van der Waals surface area contributed by atoms with Gasteiger partial charge in [-0.15, -0.1) is 0 Å². The molecule has 0 amide bonds. The number of hydrogen-bond acceptors (Lipinski definition) is 3. The Bertz CT molecular complexity index is 827. The van der Waals surface area contributed by atoms with Crippen molar-refractivity contribution in [3.05, 3.63) is 58.8 Å². The number of piperidine rings is 1. The van der Waals surface area contributed by atoms with Crippen molar-refractivity contribution in [1.29, 1.82) is 0 Å². The molecule has 0 saturated carbocycles. The van der Waals surface area contributed by atoms with Crippen LogP contribution >= 0.6 is 0 Å². The number of benzene rings is 1. The number of ether oxygens (including phenoxy) is 1. The Hall–Kier alpha value is -2.57. The molecule has 28 heavy (non-hydrogen) atoms. The van der Waals surface area contributed by atoms with Crippen molar-refractivity contribution in [1.82, 2.24) is 0 Å². The molecule has 1 N–H and O–H groups in total. The van der Waals surface area contributed by atoms with E-state index in [0.29, 0.717) is 31.7 Å². The average molecular weight is 393 g/mol. The fourth-order valence-electron chi connectivity index (χ4n) is 3.37. The molecule has 0 bridgehead atoms. The zero-order valence-corrected chi connectivity index (χ0v) is 16.0. The van der Waals surface area contributed by atoms with Gasteiger partial charge in [-0.2, -0.15) is 13.2 Å². The highest BCUT2D eigenvalue weighted by Gasteiger charge is 2.34. The first-order chi connectivity index (χ1) is 13.2. The summed E-state index contributed by atoms with van der Waals surface area (Å²) in [6.45, 7) is 5.43. The fraction of sp³-hybridized carbons (Fsp3) is 0.429. The summed E-state index contributed by atoms with van der Waals surface area (Å²) >= 11 is 0. The Morgan fingerprint density at radius 1 is 1.18 bits per heavy atom. The SMILES string of the molecule is Cc1ccc(C)c(COC(=O)C2CCN(c3ccc(C(F)(F)F)c[nH+]3)CC2)c1. The average Bonchev–Trinajstić information content (AvgIpc) is 2.68. The Balaban J connectivity index is 1.52. The van der Waals surface area contributed by atoms with Gasteiger partial charge in [0.1, 0.15) is 12.8 Å². The lowest BCUT2D eigenvalue weighted by molar-refractivity contribution is -0.367. The van der Waals surface area contributed by atoms with E-state index in [-0.39, 0.29) is 18.5 Å². The maximum Gasteiger partial charge on any atom is 0.419 e. The number of halogens is 3. The molecule has 1 aromatic carbocycles. The summed E-state index contributed by atoms with van der Waals surface area (Å²) in [6.07, 6.45) is -2.16. The van der Waals surface area contributed by atoms with Gasteiger partial charge < -0.3 is 4.74 Å². The van der Waals surface area contributed by atoms with E-state index in [4.69, 9.17) is 4.74 Å². The minimum atomic E-state index is -4.36. The normalized spacial score (nSPS) is 15.5. The van der Waals surface area contributed by atoms with Crippen molar-refractivity contribution in [3.8, 4) is 0 Å². The summed E-state index contributed by atoms with van der Waals surface area (Å²) < 4.78 is 43.5. The molecule has 1 aromatic heterocycles. The second kappa shape index (κ2) is 8.20. The zero-order valence-electron chi connectivity index (χ0n) is 16.0. The largest absolute Gasteiger partial charge is 0.461 e. The van der Waals surface area contributed by atoms with Crippen LogP contribution in [0.3, 0.4) is 0 Å². The number of anilines is 1. The predicted octanol–water partition coefficient (Wildman–Crippen LogP) is 4.10. The first-order valence-corrected chi connectivity index (χ1v) is 9.30. The predicted molar refractivity (Wildman–Crippen MR) is 98.6 cm³/mol. The number of nitrogens with one attached hydrogen (secondary N) is 1. The summed E-state index contributed by atoms with van der Waals surface area (Å²) in [7, 11) is 0. The molecule has 1 fully saturated rings. The molecule has 1 aliphatic rings. The highest BCUT2D eigenvalue weighted by molar-refractivity contribution is 5.72. The lowest BCUT2D eigenvalue weighted by Gasteiger charge is -2.26. The van der Waals surface area contributed by atoms with Crippen LogP contribution in [-0.4, -0.2) is 19.1 Å². The monoisotopic (exact) mass is 393 g/mol. The van der Waals surface area contributed by atoms with Crippen molar-refractivity contribution in [2.24, 2.45) is 5.92 Å². The van der Waals surface area contributed by atoms with Crippen LogP contribution in [0.1, 0.15) is 35.1 Å². The van der Waals surface area contributed by atoms with Crippen molar-refractivity contribution < 1.29 is 27.7 Å². The van der Waals surface area contributed by atoms with Gasteiger partial charge >= 0.3 is 12.1 Å². The maximum absolute atomic E-state index is 12.7. The van der Waals surface area contributed by atoms with Crippen molar-refractivity contribution in [2.45, 2.75) is 39.5 Å².